The maximum absolute atomic E-state index is 13.6. The van der Waals surface area contributed by atoms with Crippen LogP contribution in [0.3, 0.4) is 0 Å². The fourth-order valence-electron chi connectivity index (χ4n) is 5.74. The Bertz CT molecular complexity index is 1370. The highest BCUT2D eigenvalue weighted by atomic mass is 79.9. The zero-order valence-corrected chi connectivity index (χ0v) is 20.0. The summed E-state index contributed by atoms with van der Waals surface area (Å²) in [4.78, 5) is 15.5. The van der Waals surface area contributed by atoms with Gasteiger partial charge >= 0.3 is 0 Å². The number of fused-ring (bicyclic) bond motifs is 3. The molecule has 1 saturated carbocycles. The highest BCUT2D eigenvalue weighted by Crippen LogP contribution is 2.48. The van der Waals surface area contributed by atoms with Crippen molar-refractivity contribution in [2.45, 2.75) is 32.2 Å². The number of para-hydroxylation sites is 2. The van der Waals surface area contributed by atoms with Gasteiger partial charge in [0.05, 0.1) is 13.1 Å². The van der Waals surface area contributed by atoms with Gasteiger partial charge in [-0.05, 0) is 55.2 Å². The summed E-state index contributed by atoms with van der Waals surface area (Å²) in [5.41, 5.74) is 2.81. The van der Waals surface area contributed by atoms with Gasteiger partial charge in [0.1, 0.15) is 5.41 Å². The van der Waals surface area contributed by atoms with Crippen LogP contribution in [0.4, 0.5) is 5.69 Å². The number of β-lactam (4-membered cyclic amide) rings is 1. The van der Waals surface area contributed by atoms with Crippen molar-refractivity contribution in [3.05, 3.63) is 77.3 Å². The van der Waals surface area contributed by atoms with Gasteiger partial charge in [0, 0.05) is 32.0 Å². The van der Waals surface area contributed by atoms with Crippen molar-refractivity contribution < 1.29 is 4.79 Å². The van der Waals surface area contributed by atoms with Gasteiger partial charge in [-0.2, -0.15) is 0 Å². The van der Waals surface area contributed by atoms with E-state index in [1.54, 1.807) is 0 Å². The van der Waals surface area contributed by atoms with E-state index in [4.69, 9.17) is 0 Å². The summed E-state index contributed by atoms with van der Waals surface area (Å²) in [5.74, 6) is 7.53. The number of carbonyl (C=O) groups is 1. The van der Waals surface area contributed by atoms with Gasteiger partial charge in [-0.15, -0.1) is 0 Å². The van der Waals surface area contributed by atoms with Crippen LogP contribution in [-0.2, 0) is 11.3 Å². The molecular weight excluding hydrogens is 472 g/mol. The lowest BCUT2D eigenvalue weighted by Gasteiger charge is -2.49. The van der Waals surface area contributed by atoms with E-state index in [0.29, 0.717) is 19.0 Å². The standard InChI is InChI=1S/C29H25BrN2O/c30-22-14-16-23(17-15-22)32-20-29(28(32)33,21-8-1-2-9-21)18-7-19-31-26-12-5-3-10-24(26)25-11-4-6-13-27(25)31/h3-6,10-17,21H,1-2,8-9,19-20H2/t29-/m0/s1. The summed E-state index contributed by atoms with van der Waals surface area (Å²) < 4.78 is 3.31. The first-order valence-electron chi connectivity index (χ1n) is 11.7. The zero-order valence-electron chi connectivity index (χ0n) is 18.4. The molecule has 164 valence electrons. The molecule has 1 aromatic heterocycles. The fraction of sp³-hybridized carbons (Fsp3) is 0.276. The zero-order chi connectivity index (χ0) is 22.4. The molecule has 4 aromatic rings. The average Bonchev–Trinajstić information content (AvgIpc) is 3.49. The smallest absolute Gasteiger partial charge is 0.247 e. The summed E-state index contributed by atoms with van der Waals surface area (Å²) in [6.45, 7) is 1.28. The van der Waals surface area contributed by atoms with Crippen molar-refractivity contribution >= 4 is 49.3 Å². The summed E-state index contributed by atoms with van der Waals surface area (Å²) in [7, 11) is 0. The third-order valence-corrected chi connectivity index (χ3v) is 7.98. The molecule has 1 atom stereocenters. The van der Waals surface area contributed by atoms with Gasteiger partial charge in [0.2, 0.25) is 5.91 Å². The lowest BCUT2D eigenvalue weighted by molar-refractivity contribution is -0.134. The lowest BCUT2D eigenvalue weighted by Crippen LogP contribution is -2.64. The Hall–Kier alpha value is -3.03. The number of halogens is 1. The molecule has 0 unspecified atom stereocenters. The van der Waals surface area contributed by atoms with Crippen LogP contribution in [0.15, 0.2) is 77.3 Å². The molecule has 0 bridgehead atoms. The Morgan fingerprint density at radius 3 is 2.09 bits per heavy atom. The van der Waals surface area contributed by atoms with Crippen LogP contribution in [-0.4, -0.2) is 17.0 Å². The van der Waals surface area contributed by atoms with E-state index >= 15 is 0 Å². The third kappa shape index (κ3) is 3.30. The Kier molecular flexibility index (Phi) is 5.03. The Morgan fingerprint density at radius 2 is 1.48 bits per heavy atom. The summed E-state index contributed by atoms with van der Waals surface area (Å²) >= 11 is 3.49. The van der Waals surface area contributed by atoms with Gasteiger partial charge in [-0.25, -0.2) is 0 Å². The van der Waals surface area contributed by atoms with Crippen LogP contribution in [0.5, 0.6) is 0 Å². The number of hydrogen-bond acceptors (Lipinski definition) is 1. The molecule has 1 aliphatic heterocycles. The molecule has 0 N–H and O–H groups in total. The number of hydrogen-bond donors (Lipinski definition) is 0. The minimum absolute atomic E-state index is 0.173. The van der Waals surface area contributed by atoms with E-state index in [1.807, 2.05) is 29.2 Å². The SMILES string of the molecule is O=C1N(c2ccc(Br)cc2)C[C@@]1(C#CCn1c2ccccc2c2ccccc21)C1CCCC1. The highest BCUT2D eigenvalue weighted by molar-refractivity contribution is 9.10. The molecule has 0 radical (unpaired) electrons. The molecule has 3 aromatic carbocycles. The Morgan fingerprint density at radius 1 is 0.879 bits per heavy atom. The first-order chi connectivity index (χ1) is 16.2. The molecule has 0 spiro atoms. The van der Waals surface area contributed by atoms with Gasteiger partial charge < -0.3 is 9.47 Å². The Labute approximate surface area is 202 Å². The van der Waals surface area contributed by atoms with Gasteiger partial charge in [0.25, 0.3) is 0 Å². The summed E-state index contributed by atoms with van der Waals surface area (Å²) in [6.07, 6.45) is 4.60. The van der Waals surface area contributed by atoms with Crippen LogP contribution in [0.1, 0.15) is 25.7 Å². The number of aromatic nitrogens is 1. The number of anilines is 1. The minimum Gasteiger partial charge on any atom is -0.329 e. The average molecular weight is 497 g/mol. The molecular formula is C29H25BrN2O. The molecule has 2 fully saturated rings. The Balaban J connectivity index is 1.35. The molecule has 2 aliphatic rings. The van der Waals surface area contributed by atoms with E-state index in [9.17, 15) is 4.79 Å². The summed E-state index contributed by atoms with van der Waals surface area (Å²) in [5, 5.41) is 2.50. The largest absolute Gasteiger partial charge is 0.329 e. The number of nitrogens with zero attached hydrogens (tertiary/aromatic N) is 2. The first kappa shape index (κ1) is 20.6. The fourth-order valence-corrected chi connectivity index (χ4v) is 6.00. The van der Waals surface area contributed by atoms with Crippen molar-refractivity contribution in [3.63, 3.8) is 0 Å². The van der Waals surface area contributed by atoms with E-state index in [1.165, 1.54) is 34.6 Å². The molecule has 6 rings (SSSR count). The van der Waals surface area contributed by atoms with Crippen LogP contribution >= 0.6 is 15.9 Å². The number of amides is 1. The first-order valence-corrected chi connectivity index (χ1v) is 12.5. The van der Waals surface area contributed by atoms with Crippen LogP contribution in [0, 0.1) is 23.2 Å². The molecule has 1 aliphatic carbocycles. The molecule has 1 amide bonds. The number of carbonyl (C=O) groups excluding carboxylic acids is 1. The predicted octanol–water partition coefficient (Wildman–Crippen LogP) is 6.78. The quantitative estimate of drug-likeness (QED) is 0.226. The third-order valence-electron chi connectivity index (χ3n) is 7.45. The van der Waals surface area contributed by atoms with E-state index < -0.39 is 5.41 Å². The van der Waals surface area contributed by atoms with E-state index in [0.717, 1.165) is 23.0 Å². The van der Waals surface area contributed by atoms with E-state index in [-0.39, 0.29) is 5.91 Å². The second kappa shape index (κ2) is 8.08. The number of benzene rings is 3. The molecule has 33 heavy (non-hydrogen) atoms. The topological polar surface area (TPSA) is 25.2 Å². The van der Waals surface area contributed by atoms with Gasteiger partial charge in [-0.1, -0.05) is 77.0 Å². The van der Waals surface area contributed by atoms with Crippen LogP contribution in [0.2, 0.25) is 0 Å². The molecule has 2 heterocycles. The van der Waals surface area contributed by atoms with Crippen molar-refractivity contribution in [1.82, 2.24) is 4.57 Å². The monoisotopic (exact) mass is 496 g/mol. The predicted molar refractivity (Wildman–Crippen MR) is 138 cm³/mol. The molecule has 3 nitrogen and oxygen atoms in total. The van der Waals surface area contributed by atoms with E-state index in [2.05, 4.69) is 80.9 Å². The van der Waals surface area contributed by atoms with Crippen molar-refractivity contribution in [3.8, 4) is 11.8 Å². The van der Waals surface area contributed by atoms with Crippen molar-refractivity contribution in [2.24, 2.45) is 11.3 Å². The number of rotatable bonds is 3. The lowest BCUT2D eigenvalue weighted by atomic mass is 9.68. The normalized spacial score (nSPS) is 20.8. The van der Waals surface area contributed by atoms with Gasteiger partial charge in [0.15, 0.2) is 0 Å². The van der Waals surface area contributed by atoms with Crippen LogP contribution in [0.25, 0.3) is 21.8 Å². The van der Waals surface area contributed by atoms with Crippen LogP contribution < -0.4 is 4.90 Å². The van der Waals surface area contributed by atoms with Crippen molar-refractivity contribution in [1.29, 1.82) is 0 Å². The second-order valence-corrected chi connectivity index (χ2v) is 10.2. The van der Waals surface area contributed by atoms with Crippen molar-refractivity contribution in [2.75, 3.05) is 11.4 Å². The maximum atomic E-state index is 13.6. The maximum Gasteiger partial charge on any atom is 0.247 e. The van der Waals surface area contributed by atoms with Gasteiger partial charge in [-0.3, -0.25) is 4.79 Å². The molecule has 4 heteroatoms. The summed E-state index contributed by atoms with van der Waals surface area (Å²) in [6, 6.07) is 25.0. The highest BCUT2D eigenvalue weighted by Gasteiger charge is 2.56. The minimum atomic E-state index is -0.539. The second-order valence-electron chi connectivity index (χ2n) is 9.24. The molecule has 1 saturated heterocycles.